The molecule has 0 bridgehead atoms. The van der Waals surface area contributed by atoms with Crippen molar-refractivity contribution in [1.29, 1.82) is 0 Å². The first-order valence-corrected chi connectivity index (χ1v) is 6.66. The first kappa shape index (κ1) is 16.8. The Labute approximate surface area is 124 Å². The molecule has 0 aliphatic heterocycles. The van der Waals surface area contributed by atoms with E-state index in [0.717, 1.165) is 11.1 Å². The molecule has 0 heterocycles. The maximum atomic E-state index is 11.4. The molecule has 2 N–H and O–H groups in total. The first-order valence-electron chi connectivity index (χ1n) is 6.66. The quantitative estimate of drug-likeness (QED) is 0.893. The second-order valence-electron chi connectivity index (χ2n) is 5.66. The smallest absolute Gasteiger partial charge is 0.407 e. The Morgan fingerprint density at radius 3 is 2.52 bits per heavy atom. The number of ether oxygens (including phenoxy) is 1. The van der Waals surface area contributed by atoms with Gasteiger partial charge in [0.2, 0.25) is 0 Å². The predicted octanol–water partition coefficient (Wildman–Crippen LogP) is 3.23. The van der Waals surface area contributed by atoms with Gasteiger partial charge in [0.25, 0.3) is 0 Å². The molecule has 1 amide bonds. The summed E-state index contributed by atoms with van der Waals surface area (Å²) < 4.78 is 5.11. The monoisotopic (exact) mass is 291 g/mol. The normalized spacial score (nSPS) is 11.4. The van der Waals surface area contributed by atoms with Crippen LogP contribution in [0.4, 0.5) is 4.79 Å². The number of benzene rings is 1. The third-order valence-electron chi connectivity index (χ3n) is 2.58. The lowest BCUT2D eigenvalue weighted by Crippen LogP contribution is -2.32. The number of hydrogen-bond acceptors (Lipinski definition) is 3. The summed E-state index contributed by atoms with van der Waals surface area (Å²) in [5.41, 5.74) is 1.52. The number of aryl methyl sites for hydroxylation is 1. The zero-order valence-corrected chi connectivity index (χ0v) is 12.8. The van der Waals surface area contributed by atoms with Crippen LogP contribution in [0.2, 0.25) is 0 Å². The predicted molar refractivity (Wildman–Crippen MR) is 81.4 cm³/mol. The van der Waals surface area contributed by atoms with E-state index >= 15 is 0 Å². The fourth-order valence-electron chi connectivity index (χ4n) is 1.64. The maximum absolute atomic E-state index is 11.4. The number of rotatable bonds is 4. The van der Waals surface area contributed by atoms with Crippen LogP contribution in [0.15, 0.2) is 24.3 Å². The maximum Gasteiger partial charge on any atom is 0.407 e. The molecule has 1 aromatic rings. The molecule has 5 heteroatoms. The fraction of sp³-hybridized carbons (Fsp3) is 0.375. The minimum atomic E-state index is -0.944. The van der Waals surface area contributed by atoms with Gasteiger partial charge in [0, 0.05) is 6.54 Å². The van der Waals surface area contributed by atoms with Gasteiger partial charge in [0.05, 0.1) is 5.56 Å². The van der Waals surface area contributed by atoms with Crippen LogP contribution >= 0.6 is 0 Å². The minimum absolute atomic E-state index is 0.261. The lowest BCUT2D eigenvalue weighted by molar-refractivity contribution is 0.0533. The van der Waals surface area contributed by atoms with E-state index < -0.39 is 17.7 Å². The zero-order valence-electron chi connectivity index (χ0n) is 12.8. The number of aromatic carboxylic acids is 1. The molecule has 0 aromatic heterocycles. The van der Waals surface area contributed by atoms with Crippen LogP contribution in [0.1, 0.15) is 42.3 Å². The Hall–Kier alpha value is -2.30. The van der Waals surface area contributed by atoms with E-state index in [2.05, 4.69) is 5.32 Å². The molecule has 114 valence electrons. The zero-order chi connectivity index (χ0) is 16.0. The highest BCUT2D eigenvalue weighted by atomic mass is 16.6. The van der Waals surface area contributed by atoms with Gasteiger partial charge in [0.15, 0.2) is 0 Å². The first-order chi connectivity index (χ1) is 9.69. The van der Waals surface area contributed by atoms with E-state index in [1.165, 1.54) is 0 Å². The van der Waals surface area contributed by atoms with Gasteiger partial charge >= 0.3 is 12.1 Å². The summed E-state index contributed by atoms with van der Waals surface area (Å²) in [6, 6.07) is 4.91. The third kappa shape index (κ3) is 6.12. The molecule has 0 saturated carbocycles. The highest BCUT2D eigenvalue weighted by Gasteiger charge is 2.14. The van der Waals surface area contributed by atoms with Crippen LogP contribution in [0.5, 0.6) is 0 Å². The molecular formula is C16H21NO4. The molecule has 0 atom stereocenters. The van der Waals surface area contributed by atoms with Crippen molar-refractivity contribution in [1.82, 2.24) is 5.32 Å². The van der Waals surface area contributed by atoms with Crippen molar-refractivity contribution >= 4 is 18.1 Å². The summed E-state index contributed by atoms with van der Waals surface area (Å²) >= 11 is 0. The Balaban J connectivity index is 2.54. The SMILES string of the molecule is Cc1cc(C(=O)O)ccc1C=CCNC(=O)OC(C)(C)C. The second-order valence-corrected chi connectivity index (χ2v) is 5.66. The number of alkyl carbamates (subject to hydrolysis) is 1. The van der Waals surface area contributed by atoms with Crippen LogP contribution in [0, 0.1) is 6.92 Å². The van der Waals surface area contributed by atoms with Crippen molar-refractivity contribution in [2.24, 2.45) is 0 Å². The number of carboxylic acids is 1. The van der Waals surface area contributed by atoms with Crippen LogP contribution in [0.3, 0.4) is 0 Å². The summed E-state index contributed by atoms with van der Waals surface area (Å²) in [5, 5.41) is 11.5. The van der Waals surface area contributed by atoms with Crippen LogP contribution < -0.4 is 5.32 Å². The van der Waals surface area contributed by atoms with Gasteiger partial charge < -0.3 is 15.2 Å². The van der Waals surface area contributed by atoms with Gasteiger partial charge in [0.1, 0.15) is 5.60 Å². The number of amides is 1. The molecule has 0 saturated heterocycles. The summed E-state index contributed by atoms with van der Waals surface area (Å²) in [6.07, 6.45) is 3.15. The molecule has 1 aromatic carbocycles. The van der Waals surface area contributed by atoms with E-state index in [9.17, 15) is 9.59 Å². The van der Waals surface area contributed by atoms with Gasteiger partial charge in [-0.3, -0.25) is 0 Å². The largest absolute Gasteiger partial charge is 0.478 e. The molecule has 21 heavy (non-hydrogen) atoms. The fourth-order valence-corrected chi connectivity index (χ4v) is 1.64. The van der Waals surface area contributed by atoms with Crippen molar-refractivity contribution in [2.75, 3.05) is 6.54 Å². The van der Waals surface area contributed by atoms with Gasteiger partial charge in [-0.2, -0.15) is 0 Å². The standard InChI is InChI=1S/C16H21NO4/c1-11-10-13(14(18)19)8-7-12(11)6-5-9-17-15(20)21-16(2,3)4/h5-8,10H,9H2,1-4H3,(H,17,20)(H,18,19). The molecule has 0 aliphatic rings. The lowest BCUT2D eigenvalue weighted by atomic mass is 10.0. The number of nitrogens with one attached hydrogen (secondary N) is 1. The molecule has 0 fully saturated rings. The average Bonchev–Trinajstić information content (AvgIpc) is 2.33. The van der Waals surface area contributed by atoms with E-state index in [0.29, 0.717) is 6.54 Å². The highest BCUT2D eigenvalue weighted by molar-refractivity contribution is 5.88. The van der Waals surface area contributed by atoms with Crippen molar-refractivity contribution in [3.05, 3.63) is 41.0 Å². The van der Waals surface area contributed by atoms with Crippen molar-refractivity contribution in [3.63, 3.8) is 0 Å². The third-order valence-corrected chi connectivity index (χ3v) is 2.58. The van der Waals surface area contributed by atoms with Crippen molar-refractivity contribution in [3.8, 4) is 0 Å². The number of carbonyl (C=O) groups is 2. The molecule has 0 unspecified atom stereocenters. The average molecular weight is 291 g/mol. The molecule has 5 nitrogen and oxygen atoms in total. The Morgan fingerprint density at radius 1 is 1.33 bits per heavy atom. The van der Waals surface area contributed by atoms with Gasteiger partial charge in [-0.1, -0.05) is 18.2 Å². The lowest BCUT2D eigenvalue weighted by Gasteiger charge is -2.19. The summed E-state index contributed by atoms with van der Waals surface area (Å²) in [5.74, 6) is -0.944. The minimum Gasteiger partial charge on any atom is -0.478 e. The summed E-state index contributed by atoms with van der Waals surface area (Å²) in [7, 11) is 0. The topological polar surface area (TPSA) is 75.6 Å². The summed E-state index contributed by atoms with van der Waals surface area (Å²) in [6.45, 7) is 7.59. The Bertz CT molecular complexity index is 556. The van der Waals surface area contributed by atoms with Crippen LogP contribution in [-0.2, 0) is 4.74 Å². The van der Waals surface area contributed by atoms with Crippen molar-refractivity contribution < 1.29 is 19.4 Å². The number of carboxylic acid groups (broad SMARTS) is 1. The van der Waals surface area contributed by atoms with Gasteiger partial charge in [-0.25, -0.2) is 9.59 Å². The molecule has 0 radical (unpaired) electrons. The Morgan fingerprint density at radius 2 is 2.00 bits per heavy atom. The molecule has 0 spiro atoms. The highest BCUT2D eigenvalue weighted by Crippen LogP contribution is 2.13. The summed E-state index contributed by atoms with van der Waals surface area (Å²) in [4.78, 5) is 22.3. The molecule has 1 rings (SSSR count). The van der Waals surface area contributed by atoms with Crippen LogP contribution in [0.25, 0.3) is 6.08 Å². The van der Waals surface area contributed by atoms with Crippen molar-refractivity contribution in [2.45, 2.75) is 33.3 Å². The molecule has 0 aliphatic carbocycles. The van der Waals surface area contributed by atoms with E-state index in [1.807, 2.05) is 13.0 Å². The van der Waals surface area contributed by atoms with E-state index in [4.69, 9.17) is 9.84 Å². The number of carbonyl (C=O) groups excluding carboxylic acids is 1. The van der Waals surface area contributed by atoms with Gasteiger partial charge in [-0.05, 0) is 51.0 Å². The second kappa shape index (κ2) is 6.92. The van der Waals surface area contributed by atoms with Crippen LogP contribution in [-0.4, -0.2) is 29.3 Å². The number of hydrogen-bond donors (Lipinski definition) is 2. The molecular weight excluding hydrogens is 270 g/mol. The van der Waals surface area contributed by atoms with Gasteiger partial charge in [-0.15, -0.1) is 0 Å². The van der Waals surface area contributed by atoms with E-state index in [-0.39, 0.29) is 5.56 Å². The van der Waals surface area contributed by atoms with E-state index in [1.54, 1.807) is 45.0 Å². The Kier molecular flexibility index (Phi) is 5.52.